The second kappa shape index (κ2) is 7.22. The Hall–Kier alpha value is -0.160. The fourth-order valence-corrected chi connectivity index (χ4v) is 2.32. The number of quaternary nitrogens is 1. The predicted molar refractivity (Wildman–Crippen MR) is 62.8 cm³/mol. The van der Waals surface area contributed by atoms with E-state index in [1.54, 1.807) is 0 Å². The number of hydrogen-bond donors (Lipinski definition) is 1. The summed E-state index contributed by atoms with van der Waals surface area (Å²) >= 11 is 0. The summed E-state index contributed by atoms with van der Waals surface area (Å²) in [4.78, 5) is 0. The molecule has 1 aliphatic rings. The quantitative estimate of drug-likeness (QED) is 0.532. The van der Waals surface area contributed by atoms with E-state index in [2.05, 4.69) is 0 Å². The minimum absolute atomic E-state index is 0.277. The van der Waals surface area contributed by atoms with Crippen LogP contribution in [-0.2, 0) is 9.47 Å². The number of aliphatic hydroxyl groups is 1. The topological polar surface area (TPSA) is 38.7 Å². The molecule has 16 heavy (non-hydrogen) atoms. The summed E-state index contributed by atoms with van der Waals surface area (Å²) in [6.45, 7) is 8.63. The highest BCUT2D eigenvalue weighted by Gasteiger charge is 2.38. The molecule has 1 fully saturated rings. The zero-order chi connectivity index (χ0) is 11.9. The van der Waals surface area contributed by atoms with Gasteiger partial charge in [0.15, 0.2) is 13.0 Å². The van der Waals surface area contributed by atoms with Crippen molar-refractivity contribution in [3.05, 3.63) is 0 Å². The van der Waals surface area contributed by atoms with Crippen LogP contribution < -0.4 is 0 Å². The van der Waals surface area contributed by atoms with Gasteiger partial charge in [-0.1, -0.05) is 0 Å². The van der Waals surface area contributed by atoms with E-state index in [1.165, 1.54) is 6.42 Å². The zero-order valence-electron chi connectivity index (χ0n) is 10.7. The number of likely N-dealkylation sites (tertiary alicyclic amines) is 1. The highest BCUT2D eigenvalue weighted by molar-refractivity contribution is 4.56. The third-order valence-corrected chi connectivity index (χ3v) is 3.39. The van der Waals surface area contributed by atoms with Gasteiger partial charge in [0, 0.05) is 19.6 Å². The van der Waals surface area contributed by atoms with Crippen LogP contribution in [0.15, 0.2) is 0 Å². The van der Waals surface area contributed by atoms with Crippen LogP contribution in [0.25, 0.3) is 0 Å². The van der Waals surface area contributed by atoms with Crippen LogP contribution in [0.4, 0.5) is 0 Å². The third-order valence-electron chi connectivity index (χ3n) is 3.39. The maximum absolute atomic E-state index is 10.2. The minimum atomic E-state index is -0.277. The molecule has 1 saturated heterocycles. The lowest BCUT2D eigenvalue weighted by Crippen LogP contribution is -2.60. The first-order valence-corrected chi connectivity index (χ1v) is 6.44. The second-order valence-corrected chi connectivity index (χ2v) is 4.46. The fourth-order valence-electron chi connectivity index (χ4n) is 2.32. The van der Waals surface area contributed by atoms with Gasteiger partial charge in [0.05, 0.1) is 13.2 Å². The van der Waals surface area contributed by atoms with Crippen molar-refractivity contribution in [2.24, 2.45) is 0 Å². The molecule has 0 aliphatic carbocycles. The average molecular weight is 232 g/mol. The van der Waals surface area contributed by atoms with Gasteiger partial charge < -0.3 is 14.6 Å². The number of nitrogens with zero attached hydrogens (tertiary/aromatic N) is 1. The predicted octanol–water partition coefficient (Wildman–Crippen LogP) is 1.34. The maximum Gasteiger partial charge on any atom is 0.192 e. The van der Waals surface area contributed by atoms with Crippen molar-refractivity contribution >= 4 is 0 Å². The van der Waals surface area contributed by atoms with Gasteiger partial charge in [0.1, 0.15) is 6.54 Å². The van der Waals surface area contributed by atoms with Gasteiger partial charge >= 0.3 is 0 Å². The van der Waals surface area contributed by atoms with Gasteiger partial charge in [-0.25, -0.2) is 0 Å². The van der Waals surface area contributed by atoms with Crippen molar-refractivity contribution in [3.63, 3.8) is 0 Å². The number of hydrogen-bond acceptors (Lipinski definition) is 3. The summed E-state index contributed by atoms with van der Waals surface area (Å²) in [5, 5.41) is 10.2. The standard InChI is InChI=1S/C12H26NO3/c1-3-15-10-9-13(11-16-4-2)8-6-5-7-12(13)14/h12,14H,3-11H2,1-2H3/q+1. The van der Waals surface area contributed by atoms with E-state index in [1.807, 2.05) is 13.8 Å². The van der Waals surface area contributed by atoms with E-state index in [4.69, 9.17) is 9.47 Å². The first kappa shape index (κ1) is 13.9. The molecule has 4 nitrogen and oxygen atoms in total. The average Bonchev–Trinajstić information content (AvgIpc) is 2.30. The molecule has 0 spiro atoms. The van der Waals surface area contributed by atoms with Crippen molar-refractivity contribution in [2.75, 3.05) is 39.6 Å². The number of aliphatic hydroxyl groups excluding tert-OH is 1. The molecule has 0 aromatic rings. The molecule has 0 amide bonds. The lowest BCUT2D eigenvalue weighted by atomic mass is 10.1. The monoisotopic (exact) mass is 232 g/mol. The van der Waals surface area contributed by atoms with Crippen LogP contribution in [0.2, 0.25) is 0 Å². The first-order chi connectivity index (χ1) is 7.75. The largest absolute Gasteiger partial charge is 0.376 e. The zero-order valence-corrected chi connectivity index (χ0v) is 10.7. The van der Waals surface area contributed by atoms with E-state index in [9.17, 15) is 5.11 Å². The Morgan fingerprint density at radius 3 is 2.56 bits per heavy atom. The van der Waals surface area contributed by atoms with Gasteiger partial charge in [0.25, 0.3) is 0 Å². The lowest BCUT2D eigenvalue weighted by molar-refractivity contribution is -0.991. The molecule has 1 N–H and O–H groups in total. The fraction of sp³-hybridized carbons (Fsp3) is 1.00. The third kappa shape index (κ3) is 3.70. The van der Waals surface area contributed by atoms with Crippen LogP contribution in [-0.4, -0.2) is 55.5 Å². The van der Waals surface area contributed by atoms with Crippen molar-refractivity contribution in [3.8, 4) is 0 Å². The minimum Gasteiger partial charge on any atom is -0.376 e. The van der Waals surface area contributed by atoms with Gasteiger partial charge in [0.2, 0.25) is 0 Å². The maximum atomic E-state index is 10.2. The van der Waals surface area contributed by atoms with Gasteiger partial charge in [-0.05, 0) is 26.7 Å². The number of ether oxygens (including phenoxy) is 2. The highest BCUT2D eigenvalue weighted by atomic mass is 16.5. The molecule has 1 aliphatic heterocycles. The Morgan fingerprint density at radius 2 is 1.94 bits per heavy atom. The van der Waals surface area contributed by atoms with Crippen molar-refractivity contribution in [1.82, 2.24) is 0 Å². The molecule has 0 aromatic carbocycles. The number of piperidine rings is 1. The summed E-state index contributed by atoms with van der Waals surface area (Å²) in [5.41, 5.74) is 0. The van der Waals surface area contributed by atoms with Gasteiger partial charge in [-0.3, -0.25) is 4.48 Å². The summed E-state index contributed by atoms with van der Waals surface area (Å²) < 4.78 is 11.6. The smallest absolute Gasteiger partial charge is 0.192 e. The molecule has 0 bridgehead atoms. The van der Waals surface area contributed by atoms with Gasteiger partial charge in [-0.2, -0.15) is 0 Å². The van der Waals surface area contributed by atoms with Crippen LogP contribution in [0.3, 0.4) is 0 Å². The van der Waals surface area contributed by atoms with Crippen LogP contribution in [0.5, 0.6) is 0 Å². The molecule has 1 rings (SSSR count). The Bertz CT molecular complexity index is 189. The second-order valence-electron chi connectivity index (χ2n) is 4.46. The van der Waals surface area contributed by atoms with E-state index in [0.29, 0.717) is 24.4 Å². The normalized spacial score (nSPS) is 30.6. The van der Waals surface area contributed by atoms with Crippen molar-refractivity contribution < 1.29 is 19.1 Å². The summed E-state index contributed by atoms with van der Waals surface area (Å²) in [7, 11) is 0. The Morgan fingerprint density at radius 1 is 1.19 bits per heavy atom. The van der Waals surface area contributed by atoms with E-state index < -0.39 is 0 Å². The molecule has 4 heteroatoms. The molecule has 0 saturated carbocycles. The van der Waals surface area contributed by atoms with E-state index in [-0.39, 0.29) is 6.23 Å². The lowest BCUT2D eigenvalue weighted by Gasteiger charge is -2.44. The van der Waals surface area contributed by atoms with Crippen molar-refractivity contribution in [1.29, 1.82) is 0 Å². The van der Waals surface area contributed by atoms with Gasteiger partial charge in [-0.15, -0.1) is 0 Å². The van der Waals surface area contributed by atoms with Crippen LogP contribution in [0.1, 0.15) is 33.1 Å². The molecule has 96 valence electrons. The van der Waals surface area contributed by atoms with E-state index >= 15 is 0 Å². The SMILES string of the molecule is CCOCC[N+]1(COCC)CCCCC1O. The molecule has 0 radical (unpaired) electrons. The van der Waals surface area contributed by atoms with Crippen LogP contribution in [0, 0.1) is 0 Å². The Balaban J connectivity index is 2.51. The Labute approximate surface area is 98.7 Å². The van der Waals surface area contributed by atoms with Crippen molar-refractivity contribution in [2.45, 2.75) is 39.3 Å². The molecular weight excluding hydrogens is 206 g/mol. The molecular formula is C12H26NO3+. The molecule has 2 atom stereocenters. The summed E-state index contributed by atoms with van der Waals surface area (Å²) in [5.74, 6) is 0. The first-order valence-electron chi connectivity index (χ1n) is 6.44. The molecule has 1 heterocycles. The highest BCUT2D eigenvalue weighted by Crippen LogP contribution is 2.24. The Kier molecular flexibility index (Phi) is 6.28. The summed E-state index contributed by atoms with van der Waals surface area (Å²) in [6, 6.07) is 0. The van der Waals surface area contributed by atoms with Crippen LogP contribution >= 0.6 is 0 Å². The molecule has 0 aromatic heterocycles. The molecule has 2 unspecified atom stereocenters. The number of rotatable bonds is 7. The summed E-state index contributed by atoms with van der Waals surface area (Å²) in [6.07, 6.45) is 2.91. The van der Waals surface area contributed by atoms with E-state index in [0.717, 1.165) is 32.5 Å².